The first-order valence-electron chi connectivity index (χ1n) is 6.94. The highest BCUT2D eigenvalue weighted by Crippen LogP contribution is 2.14. The van der Waals surface area contributed by atoms with Gasteiger partial charge in [-0.05, 0) is 31.2 Å². The number of carbonyl (C=O) groups excluding carboxylic acids is 1. The van der Waals surface area contributed by atoms with Crippen molar-refractivity contribution >= 4 is 5.91 Å². The molecule has 110 valence electrons. The fourth-order valence-corrected chi connectivity index (χ4v) is 2.42. The largest absolute Gasteiger partial charge is 0.497 e. The van der Waals surface area contributed by atoms with Crippen LogP contribution >= 0.6 is 0 Å². The monoisotopic (exact) mass is 278 g/mol. The normalized spacial score (nSPS) is 17.9. The summed E-state index contributed by atoms with van der Waals surface area (Å²) in [6, 6.07) is 7.19. The standard InChI is InChI=1S/C15H22N2O3/c1-12(18)11-16-7-9-17(10-8-16)15(19)13-3-5-14(20-2)6-4-13/h3-6,12,18H,7-11H2,1-2H3. The van der Waals surface area contributed by atoms with Crippen LogP contribution in [-0.4, -0.2) is 66.8 Å². The van der Waals surface area contributed by atoms with E-state index in [1.165, 1.54) is 0 Å². The van der Waals surface area contributed by atoms with E-state index in [9.17, 15) is 9.90 Å². The molecule has 0 aliphatic carbocycles. The van der Waals surface area contributed by atoms with Gasteiger partial charge in [0.15, 0.2) is 0 Å². The fraction of sp³-hybridized carbons (Fsp3) is 0.533. The van der Waals surface area contributed by atoms with Crippen molar-refractivity contribution in [3.8, 4) is 5.75 Å². The zero-order chi connectivity index (χ0) is 14.5. The smallest absolute Gasteiger partial charge is 0.253 e. The third-order valence-corrected chi connectivity index (χ3v) is 3.52. The highest BCUT2D eigenvalue weighted by Gasteiger charge is 2.22. The molecule has 0 aromatic heterocycles. The molecule has 0 radical (unpaired) electrons. The number of amides is 1. The van der Waals surface area contributed by atoms with Crippen molar-refractivity contribution in [3.63, 3.8) is 0 Å². The molecule has 5 nitrogen and oxygen atoms in total. The van der Waals surface area contributed by atoms with E-state index in [0.29, 0.717) is 25.2 Å². The lowest BCUT2D eigenvalue weighted by atomic mass is 10.1. The molecule has 20 heavy (non-hydrogen) atoms. The third-order valence-electron chi connectivity index (χ3n) is 3.52. The molecular formula is C15H22N2O3. The van der Waals surface area contributed by atoms with E-state index >= 15 is 0 Å². The fourth-order valence-electron chi connectivity index (χ4n) is 2.42. The van der Waals surface area contributed by atoms with E-state index in [2.05, 4.69) is 4.90 Å². The van der Waals surface area contributed by atoms with Gasteiger partial charge < -0.3 is 14.7 Å². The molecule has 1 saturated heterocycles. The molecule has 5 heteroatoms. The van der Waals surface area contributed by atoms with Gasteiger partial charge in [0.2, 0.25) is 0 Å². The Morgan fingerprint density at radius 1 is 1.25 bits per heavy atom. The Morgan fingerprint density at radius 3 is 2.35 bits per heavy atom. The summed E-state index contributed by atoms with van der Waals surface area (Å²) in [6.45, 7) is 5.49. The van der Waals surface area contributed by atoms with Crippen LogP contribution in [0, 0.1) is 0 Å². The topological polar surface area (TPSA) is 53.0 Å². The number of aliphatic hydroxyl groups excluding tert-OH is 1. The summed E-state index contributed by atoms with van der Waals surface area (Å²) >= 11 is 0. The van der Waals surface area contributed by atoms with Crippen LogP contribution in [0.15, 0.2) is 24.3 Å². The lowest BCUT2D eigenvalue weighted by Crippen LogP contribution is -2.50. The van der Waals surface area contributed by atoms with E-state index in [1.807, 2.05) is 4.90 Å². The summed E-state index contributed by atoms with van der Waals surface area (Å²) in [6.07, 6.45) is -0.321. The van der Waals surface area contributed by atoms with Crippen molar-refractivity contribution in [2.24, 2.45) is 0 Å². The number of benzene rings is 1. The second-order valence-corrected chi connectivity index (χ2v) is 5.17. The first-order valence-corrected chi connectivity index (χ1v) is 6.94. The Hall–Kier alpha value is -1.59. The second-order valence-electron chi connectivity index (χ2n) is 5.17. The van der Waals surface area contributed by atoms with Crippen molar-refractivity contribution in [1.29, 1.82) is 0 Å². The van der Waals surface area contributed by atoms with Gasteiger partial charge in [-0.25, -0.2) is 0 Å². The van der Waals surface area contributed by atoms with Crippen LogP contribution in [0.2, 0.25) is 0 Å². The molecule has 1 N–H and O–H groups in total. The minimum atomic E-state index is -0.321. The van der Waals surface area contributed by atoms with E-state index in [-0.39, 0.29) is 12.0 Å². The highest BCUT2D eigenvalue weighted by atomic mass is 16.5. The van der Waals surface area contributed by atoms with Gasteiger partial charge in [-0.3, -0.25) is 9.69 Å². The number of methoxy groups -OCH3 is 1. The molecule has 1 aromatic rings. The van der Waals surface area contributed by atoms with Crippen LogP contribution in [0.25, 0.3) is 0 Å². The van der Waals surface area contributed by atoms with Crippen LogP contribution in [0.4, 0.5) is 0 Å². The van der Waals surface area contributed by atoms with Crippen LogP contribution < -0.4 is 4.74 Å². The Bertz CT molecular complexity index is 437. The first-order chi connectivity index (χ1) is 9.60. The molecule has 0 bridgehead atoms. The average molecular weight is 278 g/mol. The number of piperazine rings is 1. The van der Waals surface area contributed by atoms with E-state index < -0.39 is 0 Å². The Balaban J connectivity index is 1.90. The average Bonchev–Trinajstić information content (AvgIpc) is 2.47. The third kappa shape index (κ3) is 3.71. The predicted molar refractivity (Wildman–Crippen MR) is 77.0 cm³/mol. The van der Waals surface area contributed by atoms with E-state index in [4.69, 9.17) is 4.74 Å². The molecule has 1 unspecified atom stereocenters. The Kier molecular flexibility index (Phi) is 4.98. The number of carbonyl (C=O) groups is 1. The van der Waals surface area contributed by atoms with Gasteiger partial charge in [0.25, 0.3) is 5.91 Å². The van der Waals surface area contributed by atoms with Gasteiger partial charge in [-0.2, -0.15) is 0 Å². The van der Waals surface area contributed by atoms with Gasteiger partial charge in [-0.1, -0.05) is 0 Å². The molecule has 0 saturated carbocycles. The molecular weight excluding hydrogens is 256 g/mol. The van der Waals surface area contributed by atoms with Gasteiger partial charge in [0, 0.05) is 38.3 Å². The van der Waals surface area contributed by atoms with Crippen LogP contribution in [0.3, 0.4) is 0 Å². The molecule has 1 aliphatic rings. The first kappa shape index (κ1) is 14.8. The number of hydrogen-bond donors (Lipinski definition) is 1. The molecule has 0 spiro atoms. The Morgan fingerprint density at radius 2 is 1.85 bits per heavy atom. The van der Waals surface area contributed by atoms with Gasteiger partial charge in [0.1, 0.15) is 5.75 Å². The second kappa shape index (κ2) is 6.72. The van der Waals surface area contributed by atoms with E-state index in [0.717, 1.165) is 18.8 Å². The molecule has 1 amide bonds. The minimum absolute atomic E-state index is 0.0596. The highest BCUT2D eigenvalue weighted by molar-refractivity contribution is 5.94. The maximum atomic E-state index is 12.3. The summed E-state index contributed by atoms with van der Waals surface area (Å²) in [5.74, 6) is 0.813. The maximum Gasteiger partial charge on any atom is 0.253 e. The summed E-state index contributed by atoms with van der Waals surface area (Å²) in [5, 5.41) is 9.37. The Labute approximate surface area is 119 Å². The quantitative estimate of drug-likeness (QED) is 0.886. The molecule has 1 fully saturated rings. The lowest BCUT2D eigenvalue weighted by molar-refractivity contribution is 0.0554. The minimum Gasteiger partial charge on any atom is -0.497 e. The van der Waals surface area contributed by atoms with Crippen molar-refractivity contribution in [1.82, 2.24) is 9.80 Å². The van der Waals surface area contributed by atoms with Crippen molar-refractivity contribution < 1.29 is 14.6 Å². The van der Waals surface area contributed by atoms with Gasteiger partial charge in [0.05, 0.1) is 13.2 Å². The zero-order valence-corrected chi connectivity index (χ0v) is 12.1. The molecule has 1 atom stereocenters. The molecule has 1 aromatic carbocycles. The summed E-state index contributed by atoms with van der Waals surface area (Å²) < 4.78 is 5.09. The number of nitrogens with zero attached hydrogens (tertiary/aromatic N) is 2. The zero-order valence-electron chi connectivity index (χ0n) is 12.1. The van der Waals surface area contributed by atoms with Gasteiger partial charge in [-0.15, -0.1) is 0 Å². The maximum absolute atomic E-state index is 12.3. The van der Waals surface area contributed by atoms with E-state index in [1.54, 1.807) is 38.3 Å². The van der Waals surface area contributed by atoms with Crippen LogP contribution in [0.5, 0.6) is 5.75 Å². The van der Waals surface area contributed by atoms with Crippen LogP contribution in [0.1, 0.15) is 17.3 Å². The SMILES string of the molecule is COc1ccc(C(=O)N2CCN(CC(C)O)CC2)cc1. The summed E-state index contributed by atoms with van der Waals surface area (Å²) in [4.78, 5) is 16.4. The number of β-amino-alcohol motifs (C(OH)–C–C–N with tert-alkyl or cyclic N) is 1. The van der Waals surface area contributed by atoms with Gasteiger partial charge >= 0.3 is 0 Å². The molecule has 2 rings (SSSR count). The lowest BCUT2D eigenvalue weighted by Gasteiger charge is -2.35. The number of ether oxygens (including phenoxy) is 1. The molecule has 1 heterocycles. The van der Waals surface area contributed by atoms with Crippen molar-refractivity contribution in [2.75, 3.05) is 39.8 Å². The number of aliphatic hydroxyl groups is 1. The van der Waals surface area contributed by atoms with Crippen molar-refractivity contribution in [3.05, 3.63) is 29.8 Å². The summed E-state index contributed by atoms with van der Waals surface area (Å²) in [7, 11) is 1.61. The van der Waals surface area contributed by atoms with Crippen molar-refractivity contribution in [2.45, 2.75) is 13.0 Å². The number of hydrogen-bond acceptors (Lipinski definition) is 4. The van der Waals surface area contributed by atoms with Crippen LogP contribution in [-0.2, 0) is 0 Å². The molecule has 1 aliphatic heterocycles. The predicted octanol–water partition coefficient (Wildman–Crippen LogP) is 0.834. The summed E-state index contributed by atoms with van der Waals surface area (Å²) in [5.41, 5.74) is 0.690. The number of rotatable bonds is 4.